The molecule has 1 aromatic carbocycles. The van der Waals surface area contributed by atoms with Crippen molar-refractivity contribution in [2.75, 3.05) is 6.54 Å². The van der Waals surface area contributed by atoms with E-state index >= 15 is 0 Å². The normalized spacial score (nSPS) is 14.2. The minimum absolute atomic E-state index is 0.186. The van der Waals surface area contributed by atoms with Crippen LogP contribution in [0.4, 0.5) is 0 Å². The third-order valence-electron chi connectivity index (χ3n) is 5.15. The van der Waals surface area contributed by atoms with Gasteiger partial charge in [-0.2, -0.15) is 0 Å². The van der Waals surface area contributed by atoms with E-state index in [0.29, 0.717) is 12.3 Å². The summed E-state index contributed by atoms with van der Waals surface area (Å²) in [5.41, 5.74) is 12.7. The van der Waals surface area contributed by atoms with Crippen LogP contribution < -0.4 is 11.1 Å². The Morgan fingerprint density at radius 1 is 1.22 bits per heavy atom. The summed E-state index contributed by atoms with van der Waals surface area (Å²) in [6.45, 7) is 12.9. The monoisotopic (exact) mass is 428 g/mol. The zero-order chi connectivity index (χ0) is 23.5. The highest BCUT2D eigenvalue weighted by atomic mass is 14.9. The van der Waals surface area contributed by atoms with E-state index in [9.17, 15) is 0 Å². The lowest BCUT2D eigenvalue weighted by molar-refractivity contribution is 0.828. The number of aromatic amines is 1. The molecule has 2 aromatic rings. The van der Waals surface area contributed by atoms with Gasteiger partial charge in [0.15, 0.2) is 0 Å². The van der Waals surface area contributed by atoms with Gasteiger partial charge in [-0.25, -0.2) is 0 Å². The molecule has 4 nitrogen and oxygen atoms in total. The van der Waals surface area contributed by atoms with Gasteiger partial charge in [0, 0.05) is 28.4 Å². The minimum Gasteiger partial charge on any atom is -0.380 e. The maximum Gasteiger partial charge on any atom is 0.0763 e. The van der Waals surface area contributed by atoms with Gasteiger partial charge in [0.05, 0.1) is 6.04 Å². The zero-order valence-corrected chi connectivity index (χ0v) is 19.7. The average molecular weight is 429 g/mol. The molecule has 0 radical (unpaired) electrons. The molecule has 32 heavy (non-hydrogen) atoms. The fourth-order valence-corrected chi connectivity index (χ4v) is 3.65. The standard InChI is InChI=1S/C28H36N4/c1-6-8-11-20(3)15-17-31-27(24(10-7-2)18-21(4)30)22(5)26-19-32-28-23(14-16-29)12-9-13-25(26)28/h6-13,15,17-19,27,30-32H,5,14,16,29H2,1-4H3/b8-6-,10-7-,17-15+,20-11-,24-18+,30-21?. The highest BCUT2D eigenvalue weighted by Crippen LogP contribution is 2.31. The first-order valence-corrected chi connectivity index (χ1v) is 11.0. The number of allylic oxidation sites excluding steroid dienone is 7. The van der Waals surface area contributed by atoms with Crippen LogP contribution in [0.25, 0.3) is 16.5 Å². The van der Waals surface area contributed by atoms with E-state index in [1.54, 1.807) is 6.92 Å². The first-order chi connectivity index (χ1) is 15.4. The molecule has 1 unspecified atom stereocenters. The Bertz CT molecular complexity index is 1090. The lowest BCUT2D eigenvalue weighted by Crippen LogP contribution is -2.27. The predicted octanol–water partition coefficient (Wildman–Crippen LogP) is 6.22. The summed E-state index contributed by atoms with van der Waals surface area (Å²) in [5, 5.41) is 12.7. The van der Waals surface area contributed by atoms with Gasteiger partial charge in [-0.3, -0.25) is 0 Å². The molecule has 0 aliphatic rings. The Morgan fingerprint density at radius 3 is 2.66 bits per heavy atom. The number of rotatable bonds is 11. The first kappa shape index (κ1) is 24.9. The number of nitrogens with two attached hydrogens (primary N) is 1. The number of nitrogens with one attached hydrogen (secondary N) is 3. The van der Waals surface area contributed by atoms with Gasteiger partial charge < -0.3 is 21.4 Å². The van der Waals surface area contributed by atoms with Gasteiger partial charge in [-0.05, 0) is 81.3 Å². The number of aromatic nitrogens is 1. The molecule has 0 aliphatic heterocycles. The van der Waals surface area contributed by atoms with E-state index in [-0.39, 0.29) is 6.04 Å². The van der Waals surface area contributed by atoms with Gasteiger partial charge >= 0.3 is 0 Å². The van der Waals surface area contributed by atoms with Crippen molar-refractivity contribution >= 4 is 22.2 Å². The second kappa shape index (κ2) is 12.5. The third-order valence-corrected chi connectivity index (χ3v) is 5.15. The smallest absolute Gasteiger partial charge is 0.0763 e. The molecule has 1 aromatic heterocycles. The molecule has 0 saturated carbocycles. The van der Waals surface area contributed by atoms with Crippen LogP contribution in [0.5, 0.6) is 0 Å². The molecule has 2 rings (SSSR count). The quantitative estimate of drug-likeness (QED) is 0.253. The van der Waals surface area contributed by atoms with Crippen LogP contribution in [-0.2, 0) is 6.42 Å². The third kappa shape index (κ3) is 6.56. The number of hydrogen-bond donors (Lipinski definition) is 4. The summed E-state index contributed by atoms with van der Waals surface area (Å²) < 4.78 is 0. The number of para-hydroxylation sites is 1. The van der Waals surface area contributed by atoms with E-state index in [1.165, 1.54) is 5.56 Å². The summed E-state index contributed by atoms with van der Waals surface area (Å²) in [4.78, 5) is 3.43. The maximum atomic E-state index is 8.02. The van der Waals surface area contributed by atoms with Gasteiger partial charge in [-0.1, -0.05) is 55.2 Å². The Labute approximate surface area is 192 Å². The van der Waals surface area contributed by atoms with Crippen molar-refractivity contribution in [1.29, 1.82) is 5.41 Å². The van der Waals surface area contributed by atoms with Crippen LogP contribution in [0.15, 0.2) is 90.9 Å². The van der Waals surface area contributed by atoms with Crippen molar-refractivity contribution in [2.45, 2.75) is 40.2 Å². The second-order valence-corrected chi connectivity index (χ2v) is 7.80. The Balaban J connectivity index is 2.50. The molecular weight excluding hydrogens is 392 g/mol. The molecule has 1 atom stereocenters. The van der Waals surface area contributed by atoms with Gasteiger partial charge in [0.1, 0.15) is 0 Å². The van der Waals surface area contributed by atoms with Gasteiger partial charge in [0.2, 0.25) is 0 Å². The Kier molecular flexibility index (Phi) is 9.71. The average Bonchev–Trinajstić information content (AvgIpc) is 3.20. The summed E-state index contributed by atoms with van der Waals surface area (Å²) in [6, 6.07) is 6.11. The summed E-state index contributed by atoms with van der Waals surface area (Å²) in [6.07, 6.45) is 18.8. The van der Waals surface area contributed by atoms with Crippen molar-refractivity contribution in [3.63, 3.8) is 0 Å². The highest BCUT2D eigenvalue weighted by Gasteiger charge is 2.19. The largest absolute Gasteiger partial charge is 0.380 e. The summed E-state index contributed by atoms with van der Waals surface area (Å²) >= 11 is 0. The Hall–Kier alpha value is -3.37. The minimum atomic E-state index is -0.186. The van der Waals surface area contributed by atoms with Crippen molar-refractivity contribution in [3.05, 3.63) is 102 Å². The molecule has 0 aliphatic carbocycles. The number of H-pyrrole nitrogens is 1. The first-order valence-electron chi connectivity index (χ1n) is 11.0. The molecule has 0 bridgehead atoms. The second-order valence-electron chi connectivity index (χ2n) is 7.80. The van der Waals surface area contributed by atoms with Crippen molar-refractivity contribution in [3.8, 4) is 0 Å². The molecule has 168 valence electrons. The fourth-order valence-electron chi connectivity index (χ4n) is 3.65. The summed E-state index contributed by atoms with van der Waals surface area (Å²) in [5.74, 6) is 0. The van der Waals surface area contributed by atoms with Crippen molar-refractivity contribution in [1.82, 2.24) is 10.3 Å². The van der Waals surface area contributed by atoms with Crippen LogP contribution in [0.1, 0.15) is 38.8 Å². The van der Waals surface area contributed by atoms with Crippen molar-refractivity contribution < 1.29 is 0 Å². The van der Waals surface area contributed by atoms with Crippen molar-refractivity contribution in [2.24, 2.45) is 5.73 Å². The Morgan fingerprint density at radius 2 is 2.00 bits per heavy atom. The molecular formula is C28H36N4. The molecule has 0 amide bonds. The van der Waals surface area contributed by atoms with E-state index < -0.39 is 0 Å². The van der Waals surface area contributed by atoms with Crippen LogP contribution in [0.3, 0.4) is 0 Å². The summed E-state index contributed by atoms with van der Waals surface area (Å²) in [7, 11) is 0. The van der Waals surface area contributed by atoms with Crippen LogP contribution in [0.2, 0.25) is 0 Å². The predicted molar refractivity (Wildman–Crippen MR) is 141 cm³/mol. The number of fused-ring (bicyclic) bond motifs is 1. The van der Waals surface area contributed by atoms with Crippen LogP contribution in [-0.4, -0.2) is 23.3 Å². The number of hydrogen-bond acceptors (Lipinski definition) is 3. The van der Waals surface area contributed by atoms with E-state index in [4.69, 9.17) is 11.1 Å². The SMILES string of the molecule is C=C(c1c[nH]c2c(CCN)cccc12)C(N/C=C/C(C)=C\C=C/C)C(/C=C\C)=C/C(C)=N. The molecule has 0 fully saturated rings. The molecule has 0 spiro atoms. The number of benzene rings is 1. The molecule has 4 heteroatoms. The van der Waals surface area contributed by atoms with E-state index in [1.807, 2.05) is 62.7 Å². The van der Waals surface area contributed by atoms with Crippen LogP contribution >= 0.6 is 0 Å². The van der Waals surface area contributed by atoms with Crippen LogP contribution in [0, 0.1) is 5.41 Å². The van der Waals surface area contributed by atoms with Gasteiger partial charge in [0.25, 0.3) is 0 Å². The van der Waals surface area contributed by atoms with E-state index in [0.717, 1.165) is 39.6 Å². The molecule has 1 heterocycles. The highest BCUT2D eigenvalue weighted by molar-refractivity contribution is 5.97. The topological polar surface area (TPSA) is 77.7 Å². The molecule has 0 saturated heterocycles. The molecule has 5 N–H and O–H groups in total. The lowest BCUT2D eigenvalue weighted by Gasteiger charge is -2.22. The van der Waals surface area contributed by atoms with Gasteiger partial charge in [-0.15, -0.1) is 0 Å². The van der Waals surface area contributed by atoms with E-state index in [2.05, 4.69) is 48.1 Å². The maximum absolute atomic E-state index is 8.02. The fraction of sp³-hybridized carbons (Fsp3) is 0.250. The lowest BCUT2D eigenvalue weighted by atomic mass is 9.92. The zero-order valence-electron chi connectivity index (χ0n) is 19.7.